The molecule has 3 aromatic carbocycles. The first kappa shape index (κ1) is 37.5. The Kier molecular flexibility index (Phi) is 11.1. The molecule has 0 atom stereocenters. The molecule has 0 aliphatic rings. The third-order valence-corrected chi connectivity index (χ3v) is 11.4. The van der Waals surface area contributed by atoms with Crippen LogP contribution in [0.15, 0.2) is 18.2 Å². The third-order valence-electron chi connectivity index (χ3n) is 6.92. The topological polar surface area (TPSA) is 0 Å². The molecule has 244 valence electrons. The van der Waals surface area contributed by atoms with Gasteiger partial charge in [0.2, 0.25) is 0 Å². The van der Waals surface area contributed by atoms with Crippen LogP contribution in [0.3, 0.4) is 0 Å². The molecule has 0 aliphatic heterocycles. The highest BCUT2D eigenvalue weighted by molar-refractivity contribution is 7.62. The Morgan fingerprint density at radius 2 is 0.523 bits per heavy atom. The maximum absolute atomic E-state index is 14.4. The average Bonchev–Trinajstić information content (AvgIpc) is 2.82. The van der Waals surface area contributed by atoms with E-state index in [1.807, 2.05) is 0 Å². The normalized spacial score (nSPS) is 12.6. The second kappa shape index (κ2) is 13.0. The quantitative estimate of drug-likeness (QED) is 0.115. The van der Waals surface area contributed by atoms with Gasteiger partial charge in [-0.3, -0.25) is 0 Å². The summed E-state index contributed by atoms with van der Waals surface area (Å²) < 4.78 is 168. The lowest BCUT2D eigenvalue weighted by Gasteiger charge is -2.42. The predicted molar refractivity (Wildman–Crippen MR) is 152 cm³/mol. The zero-order valence-electron chi connectivity index (χ0n) is 25.5. The van der Waals surface area contributed by atoms with Crippen LogP contribution in [0.25, 0.3) is 0 Å². The fourth-order valence-electron chi connectivity index (χ4n) is 6.70. The van der Waals surface area contributed by atoms with Gasteiger partial charge in [-0.05, 0) is 62.3 Å². The SMILES string of the molecule is CC(C)(C)[PH+](C(C)(C)C)C(C)(C)C.Fc1cc(F)c(F)c([BH-](c2c(F)c(F)cc(F)c2F)c2c(F)c(F)cc(F)c2F)c1F. The number of hydrogen-bond donors (Lipinski definition) is 0. The molecule has 0 amide bonds. The van der Waals surface area contributed by atoms with E-state index in [4.69, 9.17) is 0 Å². The van der Waals surface area contributed by atoms with Crippen molar-refractivity contribution in [1.82, 2.24) is 0 Å². The van der Waals surface area contributed by atoms with Crippen molar-refractivity contribution in [2.45, 2.75) is 77.8 Å². The monoisotopic (exact) mass is 662 g/mol. The van der Waals surface area contributed by atoms with E-state index in [9.17, 15) is 52.7 Å². The molecule has 0 saturated carbocycles. The second-order valence-electron chi connectivity index (χ2n) is 13.5. The zero-order chi connectivity index (χ0) is 34.4. The largest absolute Gasteiger partial charge is 0.207 e. The Morgan fingerprint density at radius 1 is 0.364 bits per heavy atom. The van der Waals surface area contributed by atoms with Crippen molar-refractivity contribution in [2.24, 2.45) is 0 Å². The molecule has 0 bridgehead atoms. The van der Waals surface area contributed by atoms with Gasteiger partial charge in [0.25, 0.3) is 0 Å². The highest BCUT2D eigenvalue weighted by Gasteiger charge is 2.49. The van der Waals surface area contributed by atoms with Crippen molar-refractivity contribution in [3.63, 3.8) is 0 Å². The summed E-state index contributed by atoms with van der Waals surface area (Å²) in [5.41, 5.74) is -6.37. The Labute approximate surface area is 249 Å². The summed E-state index contributed by atoms with van der Waals surface area (Å²) in [4.78, 5) is 0. The van der Waals surface area contributed by atoms with Gasteiger partial charge in [0.05, 0.1) is 22.2 Å². The van der Waals surface area contributed by atoms with Gasteiger partial charge in [-0.2, -0.15) is 0 Å². The molecule has 0 radical (unpaired) electrons. The van der Waals surface area contributed by atoms with Crippen molar-refractivity contribution in [2.75, 3.05) is 0 Å². The molecule has 14 heteroatoms. The first-order valence-corrected chi connectivity index (χ1v) is 14.8. The summed E-state index contributed by atoms with van der Waals surface area (Å²) in [6, 6.07) is -1.16. The highest BCUT2D eigenvalue weighted by atomic mass is 31.1. The second-order valence-corrected chi connectivity index (χ2v) is 18.7. The highest BCUT2D eigenvalue weighted by Crippen LogP contribution is 2.66. The van der Waals surface area contributed by atoms with Crippen LogP contribution in [0.4, 0.5) is 52.7 Å². The molecule has 0 unspecified atom stereocenters. The molecule has 0 N–H and O–H groups in total. The lowest BCUT2D eigenvalue weighted by Crippen LogP contribution is -2.60. The minimum Gasteiger partial charge on any atom is -0.207 e. The van der Waals surface area contributed by atoms with Crippen LogP contribution in [0.5, 0.6) is 0 Å². The Morgan fingerprint density at radius 3 is 0.636 bits per heavy atom. The molecule has 3 aromatic rings. The first-order valence-electron chi connectivity index (χ1n) is 13.3. The summed E-state index contributed by atoms with van der Waals surface area (Å²) in [5, 5.41) is 1.46. The molecular formula is C30H32BF12P. The van der Waals surface area contributed by atoms with Gasteiger partial charge in [-0.15, -0.1) is 16.4 Å². The molecule has 0 aliphatic carbocycles. The molecule has 3 rings (SSSR count). The zero-order valence-corrected chi connectivity index (χ0v) is 26.5. The van der Waals surface area contributed by atoms with Crippen molar-refractivity contribution in [3.8, 4) is 0 Å². The van der Waals surface area contributed by atoms with E-state index >= 15 is 0 Å². The van der Waals surface area contributed by atoms with E-state index in [1.54, 1.807) is 0 Å². The smallest absolute Gasteiger partial charge is 0.158 e. The van der Waals surface area contributed by atoms with Crippen LogP contribution in [0.2, 0.25) is 0 Å². The fourth-order valence-corrected chi connectivity index (χ4v) is 13.5. The lowest BCUT2D eigenvalue weighted by atomic mass is 9.36. The van der Waals surface area contributed by atoms with Crippen LogP contribution < -0.4 is 16.4 Å². The Bertz CT molecular complexity index is 1290. The van der Waals surface area contributed by atoms with E-state index in [2.05, 4.69) is 62.3 Å². The Hall–Kier alpha value is -2.69. The number of halogens is 12. The Balaban J connectivity index is 0.000000439. The molecular weight excluding hydrogens is 630 g/mol. The van der Waals surface area contributed by atoms with E-state index < -0.39 is 101 Å². The van der Waals surface area contributed by atoms with Crippen molar-refractivity contribution in [1.29, 1.82) is 0 Å². The summed E-state index contributed by atoms with van der Waals surface area (Å²) >= 11 is 0. The summed E-state index contributed by atoms with van der Waals surface area (Å²) in [5.74, 6) is -28.2. The maximum atomic E-state index is 14.4. The summed E-state index contributed by atoms with van der Waals surface area (Å²) in [7, 11) is -0.391. The number of hydrogen-bond acceptors (Lipinski definition) is 0. The standard InChI is InChI=1S/C18H4BF12.C12H27P/c20-4-1-5(21)14(27)10(13(4)26)19(11-15(28)6(22)2-7(23)16(11)29)12-17(30)8(24)3-9(25)18(12)31;1-10(2,3)13(11(4,5)6)12(7,8)9/h1-3,19H;1-9H3/q-1;/p+1. The molecule has 44 heavy (non-hydrogen) atoms. The van der Waals surface area contributed by atoms with Crippen molar-refractivity contribution >= 4 is 31.0 Å². The average molecular weight is 662 g/mol. The molecule has 0 aromatic heterocycles. The van der Waals surface area contributed by atoms with E-state index in [0.29, 0.717) is 15.5 Å². The van der Waals surface area contributed by atoms with Gasteiger partial charge < -0.3 is 0 Å². The van der Waals surface area contributed by atoms with Crippen LogP contribution in [-0.2, 0) is 0 Å². The van der Waals surface area contributed by atoms with Crippen LogP contribution in [0.1, 0.15) is 62.3 Å². The number of benzene rings is 3. The molecule has 0 nitrogen and oxygen atoms in total. The number of rotatable bonds is 3. The van der Waals surface area contributed by atoms with Crippen LogP contribution in [0, 0.1) is 69.8 Å². The summed E-state index contributed by atoms with van der Waals surface area (Å²) in [6.07, 6.45) is 0. The van der Waals surface area contributed by atoms with E-state index in [1.165, 1.54) is 0 Å². The van der Waals surface area contributed by atoms with Crippen molar-refractivity contribution < 1.29 is 52.7 Å². The van der Waals surface area contributed by atoms with Gasteiger partial charge in [0, 0.05) is 26.1 Å². The van der Waals surface area contributed by atoms with Gasteiger partial charge in [-0.25, -0.2) is 52.7 Å². The molecule has 0 saturated heterocycles. The minimum atomic E-state index is -4.62. The molecule has 0 spiro atoms. The summed E-state index contributed by atoms with van der Waals surface area (Å²) in [6.45, 7) is 17.0. The van der Waals surface area contributed by atoms with Gasteiger partial charge >= 0.3 is 0 Å². The predicted octanol–water partition coefficient (Wildman–Crippen LogP) is 8.20. The van der Waals surface area contributed by atoms with Crippen LogP contribution in [-0.4, -0.2) is 22.2 Å². The maximum Gasteiger partial charge on any atom is 0.158 e. The fraction of sp³-hybridized carbons (Fsp3) is 0.400. The van der Waals surface area contributed by atoms with Gasteiger partial charge in [0.1, 0.15) is 34.9 Å². The third kappa shape index (κ3) is 7.57. The minimum absolute atomic E-state index is 0.386. The van der Waals surface area contributed by atoms with Gasteiger partial charge in [-0.1, -0.05) is 0 Å². The van der Waals surface area contributed by atoms with Crippen LogP contribution >= 0.6 is 7.92 Å². The van der Waals surface area contributed by atoms with E-state index in [0.717, 1.165) is 0 Å². The molecule has 0 heterocycles. The van der Waals surface area contributed by atoms with Gasteiger partial charge in [0.15, 0.2) is 34.9 Å². The lowest BCUT2D eigenvalue weighted by molar-refractivity contribution is 0.456. The van der Waals surface area contributed by atoms with E-state index in [-0.39, 0.29) is 18.2 Å². The first-order chi connectivity index (χ1) is 19.7. The van der Waals surface area contributed by atoms with Crippen molar-refractivity contribution in [3.05, 3.63) is 88.0 Å². The molecule has 0 fully saturated rings.